The Labute approximate surface area is 145 Å². The van der Waals surface area contributed by atoms with Gasteiger partial charge in [-0.05, 0) is 55.5 Å². The van der Waals surface area contributed by atoms with Gasteiger partial charge in [0, 0.05) is 6.20 Å². The zero-order valence-corrected chi connectivity index (χ0v) is 14.0. The topological polar surface area (TPSA) is 54.4 Å². The lowest BCUT2D eigenvalue weighted by atomic mass is 10.0. The Balaban J connectivity index is 1.73. The summed E-state index contributed by atoms with van der Waals surface area (Å²) in [5.41, 5.74) is 0.931. The number of hydrogen-bond donors (Lipinski definition) is 1. The summed E-state index contributed by atoms with van der Waals surface area (Å²) in [6.07, 6.45) is 3.46. The highest BCUT2D eigenvalue weighted by Crippen LogP contribution is 2.39. The quantitative estimate of drug-likeness (QED) is 0.731. The van der Waals surface area contributed by atoms with Crippen molar-refractivity contribution in [2.24, 2.45) is 0 Å². The normalized spacial score (nSPS) is 20.4. The first-order valence-corrected chi connectivity index (χ1v) is 8.20. The maximum Gasteiger partial charge on any atom is 0.170 e. The Morgan fingerprint density at radius 3 is 2.79 bits per heavy atom. The zero-order valence-electron chi connectivity index (χ0n) is 13.2. The van der Waals surface area contributed by atoms with Gasteiger partial charge in [-0.25, -0.2) is 0 Å². The number of pyridine rings is 1. The van der Waals surface area contributed by atoms with Gasteiger partial charge in [-0.1, -0.05) is 6.07 Å². The van der Waals surface area contributed by atoms with Crippen LogP contribution in [0.4, 0.5) is 0 Å². The standard InChI is InChI=1S/C18H17N3O2S/c1-12-7-8-15(23-12)17-16(14-6-2-3-9-19-14)20-18(24)21(17)11-13-5-4-10-22-13/h2-10,16-17H,11H2,1H3,(H,20,24)/t16-,17+/m1/s1. The molecule has 4 heterocycles. The van der Waals surface area contributed by atoms with Crippen molar-refractivity contribution in [3.63, 3.8) is 0 Å². The van der Waals surface area contributed by atoms with E-state index in [0.29, 0.717) is 11.7 Å². The van der Waals surface area contributed by atoms with E-state index < -0.39 is 0 Å². The molecule has 1 N–H and O–H groups in total. The molecule has 122 valence electrons. The van der Waals surface area contributed by atoms with E-state index in [4.69, 9.17) is 21.1 Å². The number of aromatic nitrogens is 1. The Morgan fingerprint density at radius 1 is 1.21 bits per heavy atom. The van der Waals surface area contributed by atoms with Gasteiger partial charge >= 0.3 is 0 Å². The lowest BCUT2D eigenvalue weighted by Gasteiger charge is -2.25. The minimum absolute atomic E-state index is 0.0702. The maximum absolute atomic E-state index is 5.92. The van der Waals surface area contributed by atoms with Crippen LogP contribution >= 0.6 is 12.2 Å². The Kier molecular flexibility index (Phi) is 3.82. The van der Waals surface area contributed by atoms with Crippen molar-refractivity contribution < 1.29 is 8.83 Å². The van der Waals surface area contributed by atoms with Crippen molar-refractivity contribution in [3.8, 4) is 0 Å². The number of rotatable bonds is 4. The lowest BCUT2D eigenvalue weighted by Crippen LogP contribution is -2.28. The molecule has 3 aromatic heterocycles. The second kappa shape index (κ2) is 6.13. The Hall–Kier alpha value is -2.60. The number of furan rings is 2. The van der Waals surface area contributed by atoms with Crippen molar-refractivity contribution in [1.29, 1.82) is 0 Å². The summed E-state index contributed by atoms with van der Waals surface area (Å²) in [7, 11) is 0. The van der Waals surface area contributed by atoms with Gasteiger partial charge in [-0.3, -0.25) is 4.98 Å². The van der Waals surface area contributed by atoms with E-state index in [0.717, 1.165) is 23.0 Å². The molecule has 1 fully saturated rings. The molecule has 1 saturated heterocycles. The Bertz CT molecular complexity index is 829. The van der Waals surface area contributed by atoms with Gasteiger partial charge in [-0.2, -0.15) is 0 Å². The molecule has 6 heteroatoms. The molecular weight excluding hydrogens is 322 g/mol. The van der Waals surface area contributed by atoms with Gasteiger partial charge in [-0.15, -0.1) is 0 Å². The highest BCUT2D eigenvalue weighted by Gasteiger charge is 2.41. The third-order valence-electron chi connectivity index (χ3n) is 4.16. The van der Waals surface area contributed by atoms with E-state index in [1.54, 1.807) is 12.5 Å². The first-order chi connectivity index (χ1) is 11.7. The molecule has 0 unspecified atom stereocenters. The average Bonchev–Trinajstić information content (AvgIpc) is 3.31. The van der Waals surface area contributed by atoms with E-state index in [9.17, 15) is 0 Å². The van der Waals surface area contributed by atoms with E-state index in [1.807, 2.05) is 49.4 Å². The van der Waals surface area contributed by atoms with Crippen LogP contribution in [-0.2, 0) is 6.54 Å². The second-order valence-corrected chi connectivity index (χ2v) is 6.17. The second-order valence-electron chi connectivity index (χ2n) is 5.78. The molecule has 4 rings (SSSR count). The van der Waals surface area contributed by atoms with Gasteiger partial charge < -0.3 is 19.1 Å². The summed E-state index contributed by atoms with van der Waals surface area (Å²) >= 11 is 5.58. The predicted molar refractivity (Wildman–Crippen MR) is 93.1 cm³/mol. The molecule has 5 nitrogen and oxygen atoms in total. The van der Waals surface area contributed by atoms with Crippen LogP contribution in [0.5, 0.6) is 0 Å². The van der Waals surface area contributed by atoms with Crippen LogP contribution in [0.3, 0.4) is 0 Å². The minimum Gasteiger partial charge on any atom is -0.467 e. The zero-order chi connectivity index (χ0) is 16.5. The van der Waals surface area contributed by atoms with E-state index in [2.05, 4.69) is 15.2 Å². The summed E-state index contributed by atoms with van der Waals surface area (Å²) in [6.45, 7) is 2.52. The number of hydrogen-bond acceptors (Lipinski definition) is 4. The monoisotopic (exact) mass is 339 g/mol. The van der Waals surface area contributed by atoms with Gasteiger partial charge in [0.15, 0.2) is 5.11 Å². The van der Waals surface area contributed by atoms with Crippen molar-refractivity contribution in [2.75, 3.05) is 0 Å². The molecule has 0 aliphatic carbocycles. The van der Waals surface area contributed by atoms with Gasteiger partial charge in [0.25, 0.3) is 0 Å². The Morgan fingerprint density at radius 2 is 2.12 bits per heavy atom. The molecule has 24 heavy (non-hydrogen) atoms. The van der Waals surface area contributed by atoms with Crippen LogP contribution < -0.4 is 5.32 Å². The fourth-order valence-electron chi connectivity index (χ4n) is 3.07. The van der Waals surface area contributed by atoms with E-state index in [1.165, 1.54) is 0 Å². The summed E-state index contributed by atoms with van der Waals surface area (Å²) in [5, 5.41) is 4.05. The highest BCUT2D eigenvalue weighted by atomic mass is 32.1. The minimum atomic E-state index is -0.0776. The first-order valence-electron chi connectivity index (χ1n) is 7.79. The number of thiocarbonyl (C=S) groups is 1. The maximum atomic E-state index is 5.92. The third-order valence-corrected chi connectivity index (χ3v) is 4.51. The average molecular weight is 339 g/mol. The molecule has 3 aromatic rings. The molecule has 1 aliphatic heterocycles. The summed E-state index contributed by atoms with van der Waals surface area (Å²) in [6, 6.07) is 13.5. The number of aryl methyl sites for hydroxylation is 1. The molecule has 2 atom stereocenters. The fourth-order valence-corrected chi connectivity index (χ4v) is 3.37. The van der Waals surface area contributed by atoms with Crippen molar-refractivity contribution in [3.05, 3.63) is 77.9 Å². The largest absolute Gasteiger partial charge is 0.467 e. The van der Waals surface area contributed by atoms with Gasteiger partial charge in [0.05, 0.1) is 24.5 Å². The molecule has 0 radical (unpaired) electrons. The van der Waals surface area contributed by atoms with Crippen molar-refractivity contribution >= 4 is 17.3 Å². The number of nitrogens with one attached hydrogen (secondary N) is 1. The SMILES string of the molecule is Cc1ccc([C@H]2[C@@H](c3ccccn3)NC(=S)N2Cc2ccco2)o1. The molecule has 0 amide bonds. The molecule has 0 bridgehead atoms. The lowest BCUT2D eigenvalue weighted by molar-refractivity contribution is 0.249. The molecule has 0 spiro atoms. The number of nitrogens with zero attached hydrogens (tertiary/aromatic N) is 2. The third kappa shape index (κ3) is 2.69. The summed E-state index contributed by atoms with van der Waals surface area (Å²) < 4.78 is 11.4. The van der Waals surface area contributed by atoms with E-state index >= 15 is 0 Å². The van der Waals surface area contributed by atoms with Crippen LogP contribution in [0, 0.1) is 6.92 Å². The molecule has 0 saturated carbocycles. The van der Waals surface area contributed by atoms with Crippen LogP contribution in [0.15, 0.2) is 63.8 Å². The first kappa shape index (κ1) is 15.0. The summed E-state index contributed by atoms with van der Waals surface area (Å²) in [5.74, 6) is 2.59. The van der Waals surface area contributed by atoms with Crippen molar-refractivity contribution in [1.82, 2.24) is 15.2 Å². The van der Waals surface area contributed by atoms with Crippen LogP contribution in [0.2, 0.25) is 0 Å². The van der Waals surface area contributed by atoms with Crippen LogP contribution in [0.1, 0.15) is 35.1 Å². The van der Waals surface area contributed by atoms with Gasteiger partial charge in [0.1, 0.15) is 23.3 Å². The van der Waals surface area contributed by atoms with Gasteiger partial charge in [0.2, 0.25) is 0 Å². The van der Waals surface area contributed by atoms with Crippen LogP contribution in [-0.4, -0.2) is 15.0 Å². The molecule has 1 aliphatic rings. The molecule has 0 aromatic carbocycles. The molecular formula is C18H17N3O2S. The predicted octanol–water partition coefficient (Wildman–Crippen LogP) is 3.75. The van der Waals surface area contributed by atoms with Crippen LogP contribution in [0.25, 0.3) is 0 Å². The fraction of sp³-hybridized carbons (Fsp3) is 0.222. The smallest absolute Gasteiger partial charge is 0.170 e. The summed E-state index contributed by atoms with van der Waals surface area (Å²) in [4.78, 5) is 6.58. The van der Waals surface area contributed by atoms with E-state index in [-0.39, 0.29) is 12.1 Å². The highest BCUT2D eigenvalue weighted by molar-refractivity contribution is 7.80. The van der Waals surface area contributed by atoms with Crippen molar-refractivity contribution in [2.45, 2.75) is 25.6 Å².